The number of aromatic amines is 1. The second-order valence-corrected chi connectivity index (χ2v) is 6.45. The lowest BCUT2D eigenvalue weighted by atomic mass is 10.2. The first-order valence-corrected chi connectivity index (χ1v) is 9.42. The van der Waals surface area contributed by atoms with Crippen LogP contribution in [0.1, 0.15) is 19.4 Å². The van der Waals surface area contributed by atoms with E-state index in [0.29, 0.717) is 16.3 Å². The molecule has 1 heterocycles. The Morgan fingerprint density at radius 1 is 1.21 bits per heavy atom. The SMILES string of the molecule is CCN(CC)c1ccc(-c2n[nH]c(=S)n2/N=C/c2ccc(O)c(OC)c2)cc1. The number of anilines is 1. The molecule has 146 valence electrons. The number of aromatic nitrogens is 3. The summed E-state index contributed by atoms with van der Waals surface area (Å²) in [6, 6.07) is 13.1. The van der Waals surface area contributed by atoms with Crippen molar-refractivity contribution in [2.75, 3.05) is 25.1 Å². The van der Waals surface area contributed by atoms with Crippen molar-refractivity contribution in [2.24, 2.45) is 5.10 Å². The van der Waals surface area contributed by atoms with Gasteiger partial charge < -0.3 is 14.7 Å². The van der Waals surface area contributed by atoms with Crippen LogP contribution in [0.15, 0.2) is 47.6 Å². The van der Waals surface area contributed by atoms with Gasteiger partial charge in [-0.1, -0.05) is 0 Å². The lowest BCUT2D eigenvalue weighted by Crippen LogP contribution is -2.21. The fourth-order valence-electron chi connectivity index (χ4n) is 2.89. The van der Waals surface area contributed by atoms with Gasteiger partial charge in [0.25, 0.3) is 0 Å². The highest BCUT2D eigenvalue weighted by Gasteiger charge is 2.10. The molecule has 0 aliphatic heterocycles. The molecule has 0 aliphatic rings. The van der Waals surface area contributed by atoms with E-state index >= 15 is 0 Å². The van der Waals surface area contributed by atoms with Crippen LogP contribution in [0.3, 0.4) is 0 Å². The Labute approximate surface area is 168 Å². The van der Waals surface area contributed by atoms with Gasteiger partial charge in [0, 0.05) is 24.3 Å². The Morgan fingerprint density at radius 2 is 1.93 bits per heavy atom. The molecule has 28 heavy (non-hydrogen) atoms. The third-order valence-electron chi connectivity index (χ3n) is 4.43. The summed E-state index contributed by atoms with van der Waals surface area (Å²) in [4.78, 5) is 2.28. The van der Waals surface area contributed by atoms with Crippen molar-refractivity contribution in [2.45, 2.75) is 13.8 Å². The smallest absolute Gasteiger partial charge is 0.216 e. The second-order valence-electron chi connectivity index (χ2n) is 6.06. The summed E-state index contributed by atoms with van der Waals surface area (Å²) < 4.78 is 7.09. The van der Waals surface area contributed by atoms with Crippen molar-refractivity contribution in [3.8, 4) is 22.9 Å². The van der Waals surface area contributed by atoms with E-state index < -0.39 is 0 Å². The minimum Gasteiger partial charge on any atom is -0.504 e. The zero-order valence-corrected chi connectivity index (χ0v) is 16.9. The summed E-state index contributed by atoms with van der Waals surface area (Å²) in [5.41, 5.74) is 2.83. The van der Waals surface area contributed by atoms with Crippen LogP contribution in [-0.2, 0) is 0 Å². The Kier molecular flexibility index (Phi) is 6.10. The normalized spacial score (nSPS) is 11.1. The number of hydrogen-bond donors (Lipinski definition) is 2. The topological polar surface area (TPSA) is 78.7 Å². The van der Waals surface area contributed by atoms with Crippen LogP contribution in [-0.4, -0.2) is 46.4 Å². The summed E-state index contributed by atoms with van der Waals surface area (Å²) in [6.45, 7) is 6.18. The highest BCUT2D eigenvalue weighted by atomic mass is 32.1. The highest BCUT2D eigenvalue weighted by molar-refractivity contribution is 7.71. The predicted molar refractivity (Wildman–Crippen MR) is 114 cm³/mol. The summed E-state index contributed by atoms with van der Waals surface area (Å²) in [6.07, 6.45) is 1.64. The van der Waals surface area contributed by atoms with Gasteiger partial charge in [-0.05, 0) is 74.1 Å². The number of nitrogens with zero attached hydrogens (tertiary/aromatic N) is 4. The average Bonchev–Trinajstić information content (AvgIpc) is 3.09. The molecule has 0 fully saturated rings. The Bertz CT molecular complexity index is 1020. The fourth-order valence-corrected chi connectivity index (χ4v) is 3.07. The molecule has 0 saturated carbocycles. The third-order valence-corrected chi connectivity index (χ3v) is 4.69. The van der Waals surface area contributed by atoms with Crippen molar-refractivity contribution in [3.05, 3.63) is 52.8 Å². The number of benzene rings is 2. The van der Waals surface area contributed by atoms with Crippen molar-refractivity contribution in [1.82, 2.24) is 14.9 Å². The van der Waals surface area contributed by atoms with Gasteiger partial charge in [0.1, 0.15) is 0 Å². The number of phenols is 1. The molecular weight excluding hydrogens is 374 g/mol. The summed E-state index contributed by atoms with van der Waals surface area (Å²) in [7, 11) is 1.50. The van der Waals surface area contributed by atoms with E-state index in [-0.39, 0.29) is 5.75 Å². The lowest BCUT2D eigenvalue weighted by Gasteiger charge is -2.20. The van der Waals surface area contributed by atoms with E-state index in [1.165, 1.54) is 7.11 Å². The van der Waals surface area contributed by atoms with Gasteiger partial charge in [-0.15, -0.1) is 0 Å². The van der Waals surface area contributed by atoms with E-state index in [2.05, 4.69) is 46.2 Å². The van der Waals surface area contributed by atoms with Gasteiger partial charge in [0.15, 0.2) is 17.3 Å². The van der Waals surface area contributed by atoms with Crippen LogP contribution >= 0.6 is 12.2 Å². The molecule has 0 aliphatic carbocycles. The van der Waals surface area contributed by atoms with Crippen LogP contribution in [0.5, 0.6) is 11.5 Å². The number of nitrogens with one attached hydrogen (secondary N) is 1. The van der Waals surface area contributed by atoms with E-state index in [1.54, 1.807) is 29.1 Å². The number of ether oxygens (including phenoxy) is 1. The minimum atomic E-state index is 0.0774. The van der Waals surface area contributed by atoms with Crippen LogP contribution in [0.25, 0.3) is 11.4 Å². The molecule has 0 atom stereocenters. The third kappa shape index (κ3) is 4.07. The molecule has 0 saturated heterocycles. The number of hydrogen-bond acceptors (Lipinski definition) is 6. The first-order valence-electron chi connectivity index (χ1n) is 9.01. The zero-order valence-electron chi connectivity index (χ0n) is 16.1. The highest BCUT2D eigenvalue weighted by Crippen LogP contribution is 2.26. The van der Waals surface area contributed by atoms with Crippen LogP contribution in [0.2, 0.25) is 0 Å². The maximum Gasteiger partial charge on any atom is 0.216 e. The second kappa shape index (κ2) is 8.71. The fraction of sp³-hybridized carbons (Fsp3) is 0.250. The van der Waals surface area contributed by atoms with Gasteiger partial charge in [-0.3, -0.25) is 0 Å². The average molecular weight is 398 g/mol. The number of phenolic OH excluding ortho intramolecular Hbond substituents is 1. The molecule has 0 unspecified atom stereocenters. The van der Waals surface area contributed by atoms with Crippen molar-refractivity contribution in [3.63, 3.8) is 0 Å². The number of methoxy groups -OCH3 is 1. The molecule has 0 radical (unpaired) electrons. The molecule has 7 nitrogen and oxygen atoms in total. The van der Waals surface area contributed by atoms with E-state index in [4.69, 9.17) is 17.0 Å². The van der Waals surface area contributed by atoms with Gasteiger partial charge >= 0.3 is 0 Å². The molecule has 1 aromatic heterocycles. The number of aromatic hydroxyl groups is 1. The predicted octanol–water partition coefficient (Wildman–Crippen LogP) is 4.05. The first-order chi connectivity index (χ1) is 13.6. The molecule has 0 spiro atoms. The molecule has 3 aromatic rings. The zero-order chi connectivity index (χ0) is 20.1. The summed E-state index contributed by atoms with van der Waals surface area (Å²) >= 11 is 5.32. The van der Waals surface area contributed by atoms with Crippen LogP contribution in [0.4, 0.5) is 5.69 Å². The van der Waals surface area contributed by atoms with E-state index in [0.717, 1.165) is 29.9 Å². The van der Waals surface area contributed by atoms with Crippen molar-refractivity contribution >= 4 is 24.1 Å². The van der Waals surface area contributed by atoms with E-state index in [9.17, 15) is 5.11 Å². The Morgan fingerprint density at radius 3 is 2.57 bits per heavy atom. The van der Waals surface area contributed by atoms with Gasteiger partial charge in [-0.25, -0.2) is 5.10 Å². The van der Waals surface area contributed by atoms with Crippen LogP contribution < -0.4 is 9.64 Å². The monoisotopic (exact) mass is 397 g/mol. The summed E-state index contributed by atoms with van der Waals surface area (Å²) in [5, 5.41) is 21.3. The quantitative estimate of drug-likeness (QED) is 0.464. The minimum absolute atomic E-state index is 0.0774. The van der Waals surface area contributed by atoms with Crippen molar-refractivity contribution < 1.29 is 9.84 Å². The molecule has 2 aromatic carbocycles. The van der Waals surface area contributed by atoms with Gasteiger partial charge in [0.2, 0.25) is 4.77 Å². The van der Waals surface area contributed by atoms with Gasteiger partial charge in [-0.2, -0.15) is 14.9 Å². The van der Waals surface area contributed by atoms with E-state index in [1.807, 2.05) is 12.1 Å². The molecule has 0 bridgehead atoms. The molecule has 3 rings (SSSR count). The maximum atomic E-state index is 9.71. The molecular formula is C20H23N5O2S. The largest absolute Gasteiger partial charge is 0.504 e. The molecule has 8 heteroatoms. The first kappa shape index (κ1) is 19.6. The summed E-state index contributed by atoms with van der Waals surface area (Å²) in [5.74, 6) is 1.08. The lowest BCUT2D eigenvalue weighted by molar-refractivity contribution is 0.373. The van der Waals surface area contributed by atoms with Crippen LogP contribution in [0, 0.1) is 4.77 Å². The number of H-pyrrole nitrogens is 1. The Balaban J connectivity index is 1.91. The molecule has 2 N–H and O–H groups in total. The van der Waals surface area contributed by atoms with Crippen molar-refractivity contribution in [1.29, 1.82) is 0 Å². The van der Waals surface area contributed by atoms with Gasteiger partial charge in [0.05, 0.1) is 13.3 Å². The Hall–Kier alpha value is -3.13. The maximum absolute atomic E-state index is 9.71. The number of rotatable bonds is 7. The standard InChI is InChI=1S/C20H23N5O2S/c1-4-24(5-2)16-9-7-15(8-10-16)19-22-23-20(28)25(19)21-13-14-6-11-17(26)18(12-14)27-3/h6-13,26H,4-5H2,1-3H3,(H,23,28)/b21-13+. The molecule has 0 amide bonds.